The molecule has 0 unspecified atom stereocenters. The van der Waals surface area contributed by atoms with Crippen molar-refractivity contribution in [3.05, 3.63) is 95.9 Å². The summed E-state index contributed by atoms with van der Waals surface area (Å²) in [7, 11) is 0. The third kappa shape index (κ3) is 6.98. The van der Waals surface area contributed by atoms with Gasteiger partial charge in [-0.05, 0) is 48.4 Å². The summed E-state index contributed by atoms with van der Waals surface area (Å²) in [6.45, 7) is 2.53. The summed E-state index contributed by atoms with van der Waals surface area (Å²) >= 11 is 15.5. The van der Waals surface area contributed by atoms with Crippen molar-refractivity contribution < 1.29 is 19.2 Å². The first-order valence-electron chi connectivity index (χ1n) is 10.4. The quantitative estimate of drug-likeness (QED) is 0.122. The van der Waals surface area contributed by atoms with Crippen LogP contribution < -0.4 is 14.8 Å². The maximum atomic E-state index is 12.7. The Labute approximate surface area is 225 Å². The molecule has 0 fully saturated rings. The Morgan fingerprint density at radius 3 is 2.36 bits per heavy atom. The van der Waals surface area contributed by atoms with Crippen molar-refractivity contribution in [2.45, 2.75) is 13.5 Å². The van der Waals surface area contributed by atoms with Gasteiger partial charge in [-0.25, -0.2) is 0 Å². The van der Waals surface area contributed by atoms with Gasteiger partial charge in [0.25, 0.3) is 11.6 Å². The molecule has 0 bridgehead atoms. The molecule has 0 aliphatic heterocycles. The molecule has 184 valence electrons. The molecule has 11 heteroatoms. The summed E-state index contributed by atoms with van der Waals surface area (Å²) in [5, 5.41) is 22.7. The molecular formula is C25H18BrCl2N3O5. The average Bonchev–Trinajstić information content (AvgIpc) is 2.85. The van der Waals surface area contributed by atoms with E-state index >= 15 is 0 Å². The van der Waals surface area contributed by atoms with Gasteiger partial charge in [0.2, 0.25) is 0 Å². The van der Waals surface area contributed by atoms with Crippen LogP contribution >= 0.6 is 39.1 Å². The van der Waals surface area contributed by atoms with E-state index in [4.69, 9.17) is 32.7 Å². The largest absolute Gasteiger partial charge is 0.490 e. The Morgan fingerprint density at radius 1 is 1.11 bits per heavy atom. The smallest absolute Gasteiger partial charge is 0.272 e. The van der Waals surface area contributed by atoms with E-state index in [0.717, 1.165) is 22.2 Å². The van der Waals surface area contributed by atoms with Crippen LogP contribution in [0.2, 0.25) is 10.0 Å². The monoisotopic (exact) mass is 589 g/mol. The molecule has 0 spiro atoms. The third-order valence-electron chi connectivity index (χ3n) is 4.73. The minimum atomic E-state index is -0.788. The van der Waals surface area contributed by atoms with Crippen LogP contribution in [0.15, 0.2) is 64.6 Å². The molecule has 0 saturated heterocycles. The summed E-state index contributed by atoms with van der Waals surface area (Å²) < 4.78 is 12.5. The van der Waals surface area contributed by atoms with E-state index in [0.29, 0.717) is 30.3 Å². The summed E-state index contributed by atoms with van der Waals surface area (Å²) in [6.07, 6.45) is 1.36. The molecule has 0 saturated carbocycles. The van der Waals surface area contributed by atoms with Crippen LogP contribution in [-0.2, 0) is 11.4 Å². The molecule has 1 N–H and O–H groups in total. The fraction of sp³-hybridized carbons (Fsp3) is 0.120. The minimum Gasteiger partial charge on any atom is -0.490 e. The number of hydrogen-bond donors (Lipinski definition) is 1. The first kappa shape index (κ1) is 27.0. The zero-order valence-electron chi connectivity index (χ0n) is 18.8. The number of ether oxygens (including phenoxy) is 2. The first-order valence-corrected chi connectivity index (χ1v) is 12.0. The molecule has 3 rings (SSSR count). The molecule has 3 aromatic carbocycles. The fourth-order valence-electron chi connectivity index (χ4n) is 3.02. The van der Waals surface area contributed by atoms with E-state index < -0.39 is 10.8 Å². The minimum absolute atomic E-state index is 0.0400. The zero-order chi connectivity index (χ0) is 26.2. The van der Waals surface area contributed by atoms with E-state index in [1.165, 1.54) is 6.08 Å². The van der Waals surface area contributed by atoms with E-state index in [2.05, 4.69) is 21.2 Å². The molecule has 0 aromatic heterocycles. The Kier molecular flexibility index (Phi) is 9.31. The number of nitro benzene ring substituents is 1. The Morgan fingerprint density at radius 2 is 1.78 bits per heavy atom. The van der Waals surface area contributed by atoms with Gasteiger partial charge in [-0.3, -0.25) is 14.9 Å². The molecule has 0 radical (unpaired) electrons. The van der Waals surface area contributed by atoms with Gasteiger partial charge in [0, 0.05) is 16.6 Å². The van der Waals surface area contributed by atoms with Gasteiger partial charge >= 0.3 is 0 Å². The number of anilines is 1. The number of nitrogens with one attached hydrogen (secondary N) is 1. The van der Waals surface area contributed by atoms with E-state index in [9.17, 15) is 20.2 Å². The van der Waals surface area contributed by atoms with Gasteiger partial charge in [-0.15, -0.1) is 0 Å². The number of hydrogen-bond acceptors (Lipinski definition) is 6. The van der Waals surface area contributed by atoms with Gasteiger partial charge in [-0.2, -0.15) is 5.26 Å². The second kappa shape index (κ2) is 12.4. The highest BCUT2D eigenvalue weighted by atomic mass is 79.9. The average molecular weight is 591 g/mol. The zero-order valence-corrected chi connectivity index (χ0v) is 21.9. The first-order chi connectivity index (χ1) is 17.2. The highest BCUT2D eigenvalue weighted by Gasteiger charge is 2.18. The molecule has 1 amide bonds. The molecule has 36 heavy (non-hydrogen) atoms. The highest BCUT2D eigenvalue weighted by molar-refractivity contribution is 9.10. The van der Waals surface area contributed by atoms with Crippen molar-refractivity contribution >= 4 is 62.5 Å². The lowest BCUT2D eigenvalue weighted by Crippen LogP contribution is -2.14. The lowest BCUT2D eigenvalue weighted by Gasteiger charge is -2.13. The summed E-state index contributed by atoms with van der Waals surface area (Å²) in [5.41, 5.74) is 0.872. The number of nitro groups is 1. The van der Waals surface area contributed by atoms with Crippen LogP contribution in [0.1, 0.15) is 18.1 Å². The highest BCUT2D eigenvalue weighted by Crippen LogP contribution is 2.35. The molecule has 0 aliphatic rings. The molecule has 3 aromatic rings. The number of benzene rings is 3. The third-order valence-corrected chi connectivity index (χ3v) is 5.85. The van der Waals surface area contributed by atoms with Crippen molar-refractivity contribution in [3.8, 4) is 17.6 Å². The number of halogens is 3. The number of amides is 1. The van der Waals surface area contributed by atoms with Crippen molar-refractivity contribution in [1.82, 2.24) is 0 Å². The van der Waals surface area contributed by atoms with Crippen molar-refractivity contribution in [2.24, 2.45) is 0 Å². The summed E-state index contributed by atoms with van der Waals surface area (Å²) in [5.74, 6) is 0.163. The lowest BCUT2D eigenvalue weighted by atomic mass is 10.1. The van der Waals surface area contributed by atoms with Crippen molar-refractivity contribution in [1.29, 1.82) is 5.26 Å². The van der Waals surface area contributed by atoms with Crippen LogP contribution in [0.5, 0.6) is 11.5 Å². The van der Waals surface area contributed by atoms with E-state index in [-0.39, 0.29) is 27.0 Å². The SMILES string of the molecule is CCOc1cc(/C=C(\C#N)C(=O)Nc2c(Cl)cc([N+](=O)[O-])cc2Cl)ccc1OCc1ccc(Br)cc1. The standard InChI is InChI=1S/C25H18BrCl2N3O5/c1-2-35-23-10-16(5-8-22(23)36-14-15-3-6-18(26)7-4-15)9-17(13-29)25(32)30-24-20(27)11-19(31(33)34)12-21(24)28/h3-12H,2,14H2,1H3,(H,30,32)/b17-9+. The molecule has 8 nitrogen and oxygen atoms in total. The van der Waals surface area contributed by atoms with Crippen LogP contribution in [0.3, 0.4) is 0 Å². The van der Waals surface area contributed by atoms with Gasteiger partial charge in [0.15, 0.2) is 11.5 Å². The summed E-state index contributed by atoms with van der Waals surface area (Å²) in [6, 6.07) is 16.7. The maximum absolute atomic E-state index is 12.7. The number of carbonyl (C=O) groups excluding carboxylic acids is 1. The van der Waals surface area contributed by atoms with Crippen molar-refractivity contribution in [3.63, 3.8) is 0 Å². The van der Waals surface area contributed by atoms with Gasteiger partial charge in [0.05, 0.1) is 27.3 Å². The second-order valence-electron chi connectivity index (χ2n) is 7.22. The predicted molar refractivity (Wildman–Crippen MR) is 141 cm³/mol. The van der Waals surface area contributed by atoms with Gasteiger partial charge in [0.1, 0.15) is 18.2 Å². The lowest BCUT2D eigenvalue weighted by molar-refractivity contribution is -0.384. The van der Waals surface area contributed by atoms with Gasteiger partial charge < -0.3 is 14.8 Å². The number of rotatable bonds is 9. The fourth-order valence-corrected chi connectivity index (χ4v) is 3.86. The molecule has 0 heterocycles. The maximum Gasteiger partial charge on any atom is 0.272 e. The summed E-state index contributed by atoms with van der Waals surface area (Å²) in [4.78, 5) is 23.0. The number of nitriles is 1. The van der Waals surface area contributed by atoms with Crippen LogP contribution in [-0.4, -0.2) is 17.4 Å². The number of non-ortho nitro benzene ring substituents is 1. The molecule has 0 aliphatic carbocycles. The Balaban J connectivity index is 1.81. The molecular weight excluding hydrogens is 573 g/mol. The van der Waals surface area contributed by atoms with Crippen LogP contribution in [0.25, 0.3) is 6.08 Å². The second-order valence-corrected chi connectivity index (χ2v) is 8.95. The number of nitrogens with zero attached hydrogens (tertiary/aromatic N) is 2. The van der Waals surface area contributed by atoms with E-state index in [1.807, 2.05) is 37.3 Å². The van der Waals surface area contributed by atoms with E-state index in [1.54, 1.807) is 18.2 Å². The van der Waals surface area contributed by atoms with Crippen LogP contribution in [0.4, 0.5) is 11.4 Å². The number of carbonyl (C=O) groups is 1. The Hall–Kier alpha value is -3.58. The topological polar surface area (TPSA) is 114 Å². The predicted octanol–water partition coefficient (Wildman–Crippen LogP) is 7.19. The Bertz CT molecular complexity index is 1350. The van der Waals surface area contributed by atoms with Crippen molar-refractivity contribution in [2.75, 3.05) is 11.9 Å². The van der Waals surface area contributed by atoms with Crippen LogP contribution in [0, 0.1) is 21.4 Å². The molecule has 0 atom stereocenters. The van der Waals surface area contributed by atoms with Gasteiger partial charge in [-0.1, -0.05) is 57.3 Å². The normalized spacial score (nSPS) is 10.9.